The molecule has 1 fully saturated rings. The average Bonchev–Trinajstić information content (AvgIpc) is 3.75. The molecule has 3 heterocycles. The van der Waals surface area contributed by atoms with Crippen molar-refractivity contribution in [2.45, 2.75) is 49.9 Å². The van der Waals surface area contributed by atoms with E-state index in [0.717, 1.165) is 57.9 Å². The van der Waals surface area contributed by atoms with E-state index in [1.807, 2.05) is 17.6 Å². The van der Waals surface area contributed by atoms with Gasteiger partial charge in [0.15, 0.2) is 6.10 Å². The van der Waals surface area contributed by atoms with E-state index in [1.165, 1.54) is 11.0 Å². The Morgan fingerprint density at radius 1 is 1.05 bits per heavy atom. The topological polar surface area (TPSA) is 99.2 Å². The van der Waals surface area contributed by atoms with Crippen LogP contribution in [0.15, 0.2) is 77.0 Å². The molecule has 2 N–H and O–H groups in total. The highest BCUT2D eigenvalue weighted by Crippen LogP contribution is 2.52. The first kappa shape index (κ1) is 28.4. The van der Waals surface area contributed by atoms with Crippen LogP contribution in [0.5, 0.6) is 0 Å². The van der Waals surface area contributed by atoms with Gasteiger partial charge in [0.2, 0.25) is 0 Å². The number of benzene rings is 3. The van der Waals surface area contributed by atoms with Crippen molar-refractivity contribution in [3.8, 4) is 11.1 Å². The molecule has 1 atom stereocenters. The van der Waals surface area contributed by atoms with Crippen LogP contribution in [0.1, 0.15) is 59.1 Å². The van der Waals surface area contributed by atoms with E-state index in [-0.39, 0.29) is 24.2 Å². The van der Waals surface area contributed by atoms with Crippen LogP contribution >= 0.6 is 11.3 Å². The van der Waals surface area contributed by atoms with E-state index in [9.17, 15) is 27.9 Å². The molecule has 0 radical (unpaired) electrons. The van der Waals surface area contributed by atoms with Crippen molar-refractivity contribution in [2.24, 2.45) is 0 Å². The number of H-pyrrole nitrogens is 1. The Hall–Kier alpha value is -4.35. The number of aliphatic hydroxyl groups is 1. The van der Waals surface area contributed by atoms with Gasteiger partial charge in [-0.05, 0) is 72.2 Å². The lowest BCUT2D eigenvalue weighted by Crippen LogP contribution is -2.36. The molecule has 44 heavy (non-hydrogen) atoms. The van der Waals surface area contributed by atoms with Gasteiger partial charge in [0.05, 0.1) is 44.5 Å². The van der Waals surface area contributed by atoms with E-state index < -0.39 is 29.2 Å². The minimum atomic E-state index is -4.60. The molecule has 2 aliphatic rings. The molecular formula is C33H27F3N4O3S. The van der Waals surface area contributed by atoms with Crippen molar-refractivity contribution >= 4 is 27.5 Å². The maximum Gasteiger partial charge on any atom is 0.416 e. The zero-order valence-electron chi connectivity index (χ0n) is 23.4. The number of nitrogens with zero attached hydrogens (tertiary/aromatic N) is 3. The zero-order chi connectivity index (χ0) is 30.6. The summed E-state index contributed by atoms with van der Waals surface area (Å²) < 4.78 is 40.7. The van der Waals surface area contributed by atoms with Gasteiger partial charge >= 0.3 is 6.18 Å². The molecule has 1 saturated carbocycles. The molecule has 3 aromatic carbocycles. The molecule has 1 aliphatic carbocycles. The summed E-state index contributed by atoms with van der Waals surface area (Å²) in [6.07, 6.45) is -3.77. The summed E-state index contributed by atoms with van der Waals surface area (Å²) in [6, 6.07) is 18.6. The predicted octanol–water partition coefficient (Wildman–Crippen LogP) is 6.15. The molecule has 1 aliphatic heterocycles. The van der Waals surface area contributed by atoms with Crippen molar-refractivity contribution in [3.05, 3.63) is 116 Å². The normalized spacial score (nSPS) is 16.8. The first-order chi connectivity index (χ1) is 21.1. The van der Waals surface area contributed by atoms with Crippen LogP contribution in [0, 0.1) is 0 Å². The highest BCUT2D eigenvalue weighted by molar-refractivity contribution is 7.16. The number of alkyl halides is 3. The summed E-state index contributed by atoms with van der Waals surface area (Å²) in [6.45, 7) is 0.145. The highest BCUT2D eigenvalue weighted by Gasteiger charge is 2.49. The Balaban J connectivity index is 1.15. The maximum absolute atomic E-state index is 13.5. The van der Waals surface area contributed by atoms with Gasteiger partial charge in [0.25, 0.3) is 11.5 Å². The van der Waals surface area contributed by atoms with Crippen LogP contribution in [0.2, 0.25) is 0 Å². The van der Waals surface area contributed by atoms with Crippen LogP contribution in [0.3, 0.4) is 0 Å². The number of aryl methyl sites for hydroxylation is 1. The van der Waals surface area contributed by atoms with Crippen molar-refractivity contribution in [2.75, 3.05) is 6.54 Å². The summed E-state index contributed by atoms with van der Waals surface area (Å²) in [5, 5.41) is 10.7. The van der Waals surface area contributed by atoms with Gasteiger partial charge in [-0.25, -0.2) is 9.97 Å². The third-order valence-corrected chi connectivity index (χ3v) is 9.44. The lowest BCUT2D eigenvalue weighted by atomic mass is 9.91. The predicted molar refractivity (Wildman–Crippen MR) is 160 cm³/mol. The quantitative estimate of drug-likeness (QED) is 0.247. The monoisotopic (exact) mass is 616 g/mol. The lowest BCUT2D eigenvalue weighted by molar-refractivity contribution is -0.142. The third kappa shape index (κ3) is 5.09. The summed E-state index contributed by atoms with van der Waals surface area (Å²) in [5.41, 5.74) is 5.08. The van der Waals surface area contributed by atoms with Crippen molar-refractivity contribution in [1.29, 1.82) is 0 Å². The molecular weight excluding hydrogens is 589 g/mol. The molecule has 0 unspecified atom stereocenters. The number of carbonyl (C=O) groups is 1. The summed E-state index contributed by atoms with van der Waals surface area (Å²) in [4.78, 5) is 40.3. The molecule has 1 amide bonds. The second kappa shape index (κ2) is 10.7. The number of fused-ring (bicyclic) bond motifs is 2. The number of thiazole rings is 1. The van der Waals surface area contributed by atoms with E-state index in [1.54, 1.807) is 11.3 Å². The van der Waals surface area contributed by atoms with E-state index in [4.69, 9.17) is 4.98 Å². The first-order valence-electron chi connectivity index (χ1n) is 14.3. The fraction of sp³-hybridized carbons (Fsp3) is 0.273. The molecule has 11 heteroatoms. The van der Waals surface area contributed by atoms with Crippen molar-refractivity contribution in [3.63, 3.8) is 0 Å². The van der Waals surface area contributed by atoms with Crippen LogP contribution in [-0.2, 0) is 29.4 Å². The smallest absolute Gasteiger partial charge is 0.378 e. The third-order valence-electron chi connectivity index (χ3n) is 8.65. The highest BCUT2D eigenvalue weighted by atomic mass is 32.1. The number of amides is 1. The molecule has 5 aromatic rings. The second-order valence-corrected chi connectivity index (χ2v) is 12.3. The van der Waals surface area contributed by atoms with E-state index >= 15 is 0 Å². The SMILES string of the molecule is O=C([C@H](O)c1cccc(C(F)(F)F)c1)N1CCCc2nc(C3(c4cccc(-c5ccc6ncsc6c5)c4)CC3)[nH]c(=O)c2C1. The Bertz CT molecular complexity index is 1960. The number of aliphatic hydroxyl groups excluding tert-OH is 1. The number of aromatic amines is 1. The average molecular weight is 617 g/mol. The zero-order valence-corrected chi connectivity index (χ0v) is 24.2. The number of carbonyl (C=O) groups excluding carboxylic acids is 1. The summed E-state index contributed by atoms with van der Waals surface area (Å²) in [5.74, 6) is -0.160. The molecule has 7 nitrogen and oxygen atoms in total. The second-order valence-electron chi connectivity index (χ2n) is 11.4. The molecule has 7 rings (SSSR count). The Kier molecular flexibility index (Phi) is 6.89. The number of aromatic nitrogens is 3. The largest absolute Gasteiger partial charge is 0.416 e. The summed E-state index contributed by atoms with van der Waals surface area (Å²) in [7, 11) is 0. The summed E-state index contributed by atoms with van der Waals surface area (Å²) >= 11 is 1.59. The Labute approximate surface area is 254 Å². The number of rotatable bonds is 5. The molecule has 224 valence electrons. The van der Waals surface area contributed by atoms with Gasteiger partial charge in [-0.1, -0.05) is 42.5 Å². The van der Waals surface area contributed by atoms with Crippen molar-refractivity contribution < 1.29 is 23.1 Å². The van der Waals surface area contributed by atoms with Gasteiger partial charge in [-0.2, -0.15) is 13.2 Å². The fourth-order valence-corrected chi connectivity index (χ4v) is 6.77. The van der Waals surface area contributed by atoms with Crippen LogP contribution < -0.4 is 5.56 Å². The standard InChI is InChI=1S/C33H27F3N4O3S/c34-33(35,36)23-7-2-5-21(15-23)28(41)30(43)40-13-3-8-25-24(17-40)29(42)39-31(38-25)32(11-12-32)22-6-1-4-19(14-22)20-9-10-26-27(16-20)44-18-37-26/h1-2,4-7,9-10,14-16,18,28,41H,3,8,11-13,17H2,(H,38,39,42)/t28-/m1/s1. The first-order valence-corrected chi connectivity index (χ1v) is 15.2. The minimum Gasteiger partial charge on any atom is -0.378 e. The number of hydrogen-bond acceptors (Lipinski definition) is 6. The molecule has 0 saturated heterocycles. The Morgan fingerprint density at radius 3 is 2.64 bits per heavy atom. The molecule has 0 spiro atoms. The Morgan fingerprint density at radius 2 is 1.84 bits per heavy atom. The van der Waals surface area contributed by atoms with Gasteiger partial charge in [0.1, 0.15) is 5.82 Å². The number of halogens is 3. The lowest BCUT2D eigenvalue weighted by Gasteiger charge is -2.24. The fourth-order valence-electron chi connectivity index (χ4n) is 6.06. The molecule has 2 aromatic heterocycles. The van der Waals surface area contributed by atoms with Gasteiger partial charge < -0.3 is 15.0 Å². The van der Waals surface area contributed by atoms with Crippen LogP contribution in [0.4, 0.5) is 13.2 Å². The van der Waals surface area contributed by atoms with Gasteiger partial charge in [-0.15, -0.1) is 11.3 Å². The van der Waals surface area contributed by atoms with Crippen molar-refractivity contribution in [1.82, 2.24) is 19.9 Å². The molecule has 0 bridgehead atoms. The van der Waals surface area contributed by atoms with Crippen LogP contribution in [0.25, 0.3) is 21.3 Å². The van der Waals surface area contributed by atoms with E-state index in [0.29, 0.717) is 29.9 Å². The van der Waals surface area contributed by atoms with E-state index in [2.05, 4.69) is 40.3 Å². The number of hydrogen-bond donors (Lipinski definition) is 2. The number of nitrogens with one attached hydrogen (secondary N) is 1. The maximum atomic E-state index is 13.5. The van der Waals surface area contributed by atoms with Gasteiger partial charge in [-0.3, -0.25) is 9.59 Å². The van der Waals surface area contributed by atoms with Gasteiger partial charge in [0, 0.05) is 6.54 Å². The van der Waals surface area contributed by atoms with Crippen LogP contribution in [-0.4, -0.2) is 37.4 Å². The minimum absolute atomic E-state index is 0.0880.